The summed E-state index contributed by atoms with van der Waals surface area (Å²) >= 11 is 1.92. The van der Waals surface area contributed by atoms with Crippen molar-refractivity contribution in [3.63, 3.8) is 0 Å². The number of carbonyl (C=O) groups is 2. The number of ether oxygens (including phenoxy) is 1. The van der Waals surface area contributed by atoms with Crippen molar-refractivity contribution >= 4 is 34.8 Å². The van der Waals surface area contributed by atoms with E-state index in [4.69, 9.17) is 4.74 Å². The molecule has 0 saturated heterocycles. The van der Waals surface area contributed by atoms with Gasteiger partial charge in [-0.2, -0.15) is 0 Å². The molecule has 0 bridgehead atoms. The van der Waals surface area contributed by atoms with E-state index in [1.165, 1.54) is 0 Å². The molecule has 0 aliphatic rings. The Bertz CT molecular complexity index is 322. The van der Waals surface area contributed by atoms with Crippen LogP contribution in [0, 0.1) is 0 Å². The van der Waals surface area contributed by atoms with Crippen LogP contribution in [-0.2, 0) is 4.74 Å². The molecule has 0 fully saturated rings. The maximum absolute atomic E-state index is 11.2. The molecule has 68 valence electrons. The Balaban J connectivity index is 2.98. The van der Waals surface area contributed by atoms with Crippen LogP contribution in [0.2, 0.25) is 0 Å². The largest absolute Gasteiger partial charge is 0.451 e. The number of halogens is 1. The van der Waals surface area contributed by atoms with Gasteiger partial charge in [0.15, 0.2) is 6.29 Å². The van der Waals surface area contributed by atoms with Crippen molar-refractivity contribution in [3.8, 4) is 0 Å². The van der Waals surface area contributed by atoms with Crippen molar-refractivity contribution in [2.24, 2.45) is 0 Å². The normalized spacial score (nSPS) is 9.31. The summed E-state index contributed by atoms with van der Waals surface area (Å²) < 4.78 is 5.04. The fraction of sp³-hybridized carbons (Fsp3) is 0.111. The van der Waals surface area contributed by atoms with Gasteiger partial charge in [0.05, 0.1) is 5.56 Å². The SMILES string of the molecule is O=Cc1ccccc1C(=O)OCI. The van der Waals surface area contributed by atoms with E-state index >= 15 is 0 Å². The number of hydrogen-bond donors (Lipinski definition) is 0. The summed E-state index contributed by atoms with van der Waals surface area (Å²) in [6, 6.07) is 6.54. The Hall–Kier alpha value is -0.910. The molecule has 0 aromatic heterocycles. The summed E-state index contributed by atoms with van der Waals surface area (Å²) in [5.41, 5.74) is 0.673. The second-order valence-corrected chi connectivity index (χ2v) is 2.87. The van der Waals surface area contributed by atoms with Gasteiger partial charge in [0, 0.05) is 5.56 Å². The fourth-order valence-electron chi connectivity index (χ4n) is 0.913. The molecule has 0 spiro atoms. The van der Waals surface area contributed by atoms with E-state index in [1.54, 1.807) is 24.3 Å². The lowest BCUT2D eigenvalue weighted by molar-refractivity contribution is 0.0588. The highest BCUT2D eigenvalue weighted by atomic mass is 127. The Morgan fingerprint density at radius 1 is 1.46 bits per heavy atom. The topological polar surface area (TPSA) is 43.4 Å². The highest BCUT2D eigenvalue weighted by Crippen LogP contribution is 2.08. The molecule has 13 heavy (non-hydrogen) atoms. The third-order valence-electron chi connectivity index (χ3n) is 1.49. The van der Waals surface area contributed by atoms with Gasteiger partial charge in [0.1, 0.15) is 4.61 Å². The number of benzene rings is 1. The van der Waals surface area contributed by atoms with Gasteiger partial charge >= 0.3 is 5.97 Å². The summed E-state index contributed by atoms with van der Waals surface area (Å²) in [6.45, 7) is 0. The maximum Gasteiger partial charge on any atom is 0.339 e. The molecule has 1 rings (SSSR count). The van der Waals surface area contributed by atoms with Crippen LogP contribution in [0.4, 0.5) is 0 Å². The summed E-state index contributed by atoms with van der Waals surface area (Å²) in [5.74, 6) is -0.461. The molecule has 0 aliphatic carbocycles. The molecule has 0 aliphatic heterocycles. The zero-order valence-corrected chi connectivity index (χ0v) is 8.85. The number of esters is 1. The van der Waals surface area contributed by atoms with Crippen LogP contribution >= 0.6 is 22.6 Å². The van der Waals surface area contributed by atoms with Crippen LogP contribution in [0.25, 0.3) is 0 Å². The van der Waals surface area contributed by atoms with Crippen molar-refractivity contribution < 1.29 is 14.3 Å². The predicted octanol–water partition coefficient (Wildman–Crippen LogP) is 2.05. The van der Waals surface area contributed by atoms with E-state index in [0.29, 0.717) is 17.4 Å². The standard InChI is InChI=1S/C9H7IO3/c10-6-13-9(12)8-4-2-1-3-7(8)5-11/h1-5H,6H2. The van der Waals surface area contributed by atoms with Gasteiger partial charge in [-0.3, -0.25) is 4.79 Å². The van der Waals surface area contributed by atoms with Crippen LogP contribution in [0.1, 0.15) is 20.7 Å². The van der Waals surface area contributed by atoms with Crippen LogP contribution < -0.4 is 0 Å². The lowest BCUT2D eigenvalue weighted by Gasteiger charge is -2.02. The zero-order valence-electron chi connectivity index (χ0n) is 6.70. The Morgan fingerprint density at radius 3 is 2.77 bits per heavy atom. The second kappa shape index (κ2) is 4.96. The minimum Gasteiger partial charge on any atom is -0.451 e. The molecule has 0 unspecified atom stereocenters. The first-order chi connectivity index (χ1) is 6.29. The lowest BCUT2D eigenvalue weighted by Crippen LogP contribution is -2.06. The lowest BCUT2D eigenvalue weighted by atomic mass is 10.1. The van der Waals surface area contributed by atoms with Crippen LogP contribution in [0.15, 0.2) is 24.3 Å². The highest BCUT2D eigenvalue weighted by Gasteiger charge is 2.10. The molecule has 1 aromatic carbocycles. The van der Waals surface area contributed by atoms with Gasteiger partial charge in [-0.05, 0) is 28.7 Å². The quantitative estimate of drug-likeness (QED) is 0.370. The van der Waals surface area contributed by atoms with Gasteiger partial charge in [-0.15, -0.1) is 0 Å². The predicted molar refractivity (Wildman–Crippen MR) is 56.1 cm³/mol. The van der Waals surface area contributed by atoms with E-state index in [-0.39, 0.29) is 4.61 Å². The Morgan fingerprint density at radius 2 is 2.15 bits per heavy atom. The summed E-state index contributed by atoms with van der Waals surface area (Å²) in [4.78, 5) is 21.8. The smallest absolute Gasteiger partial charge is 0.339 e. The number of carbonyl (C=O) groups excluding carboxylic acids is 2. The number of rotatable bonds is 3. The number of aldehydes is 1. The van der Waals surface area contributed by atoms with Crippen molar-refractivity contribution in [3.05, 3.63) is 35.4 Å². The summed E-state index contributed by atoms with van der Waals surface area (Å²) in [7, 11) is 0. The average Bonchev–Trinajstić information content (AvgIpc) is 2.18. The van der Waals surface area contributed by atoms with E-state index < -0.39 is 5.97 Å². The minimum atomic E-state index is -0.461. The molecule has 4 heteroatoms. The Kier molecular flexibility index (Phi) is 3.88. The highest BCUT2D eigenvalue weighted by molar-refractivity contribution is 14.1. The molecular weight excluding hydrogens is 283 g/mol. The van der Waals surface area contributed by atoms with Gasteiger partial charge in [-0.1, -0.05) is 18.2 Å². The molecular formula is C9H7IO3. The first-order valence-electron chi connectivity index (χ1n) is 3.57. The van der Waals surface area contributed by atoms with E-state index in [2.05, 4.69) is 0 Å². The van der Waals surface area contributed by atoms with Crippen molar-refractivity contribution in [2.45, 2.75) is 0 Å². The van der Waals surface area contributed by atoms with E-state index in [9.17, 15) is 9.59 Å². The van der Waals surface area contributed by atoms with E-state index in [0.717, 1.165) is 0 Å². The molecule has 0 heterocycles. The van der Waals surface area contributed by atoms with Gasteiger partial charge < -0.3 is 4.74 Å². The number of hydrogen-bond acceptors (Lipinski definition) is 3. The van der Waals surface area contributed by atoms with Gasteiger partial charge in [0.25, 0.3) is 0 Å². The van der Waals surface area contributed by atoms with E-state index in [1.807, 2.05) is 22.6 Å². The minimum absolute atomic E-state index is 0.282. The third-order valence-corrected chi connectivity index (χ3v) is 1.80. The first kappa shape index (κ1) is 10.2. The summed E-state index contributed by atoms with van der Waals surface area (Å²) in [6.07, 6.45) is 0.643. The third kappa shape index (κ3) is 2.51. The average molecular weight is 290 g/mol. The molecule has 0 atom stereocenters. The van der Waals surface area contributed by atoms with Crippen molar-refractivity contribution in [1.82, 2.24) is 0 Å². The van der Waals surface area contributed by atoms with Crippen LogP contribution in [0.3, 0.4) is 0 Å². The molecule has 1 aromatic rings. The van der Waals surface area contributed by atoms with Crippen LogP contribution in [-0.4, -0.2) is 16.9 Å². The number of alkyl halides is 1. The molecule has 0 N–H and O–H groups in total. The second-order valence-electron chi connectivity index (χ2n) is 2.25. The fourth-order valence-corrected chi connectivity index (χ4v) is 1.20. The van der Waals surface area contributed by atoms with Gasteiger partial charge in [0.2, 0.25) is 0 Å². The van der Waals surface area contributed by atoms with Gasteiger partial charge in [-0.25, -0.2) is 4.79 Å². The molecule has 0 saturated carbocycles. The molecule has 0 radical (unpaired) electrons. The molecule has 3 nitrogen and oxygen atoms in total. The summed E-state index contributed by atoms with van der Waals surface area (Å²) in [5, 5.41) is 0. The van der Waals surface area contributed by atoms with Crippen molar-refractivity contribution in [1.29, 1.82) is 0 Å². The maximum atomic E-state index is 11.2. The Labute approximate surface area is 89.2 Å². The van der Waals surface area contributed by atoms with Crippen molar-refractivity contribution in [2.75, 3.05) is 4.61 Å². The monoisotopic (exact) mass is 290 g/mol. The zero-order chi connectivity index (χ0) is 9.68. The van der Waals surface area contributed by atoms with Crippen LogP contribution in [0.5, 0.6) is 0 Å². The first-order valence-corrected chi connectivity index (χ1v) is 5.09. The molecule has 0 amide bonds.